The minimum absolute atomic E-state index is 0.247. The first-order chi connectivity index (χ1) is 9.17. The third kappa shape index (κ3) is 3.02. The van der Waals surface area contributed by atoms with E-state index in [1.165, 1.54) is 12.1 Å². The van der Waals surface area contributed by atoms with Crippen LogP contribution in [0.3, 0.4) is 0 Å². The SMILES string of the molecule is CCN(c1ccc(F)cc1)c1cccc(Cl)c1CCl. The number of benzene rings is 2. The van der Waals surface area contributed by atoms with Crippen LogP contribution < -0.4 is 4.90 Å². The third-order valence-electron chi connectivity index (χ3n) is 2.97. The van der Waals surface area contributed by atoms with Gasteiger partial charge in [-0.25, -0.2) is 4.39 Å². The Morgan fingerprint density at radius 3 is 2.37 bits per heavy atom. The van der Waals surface area contributed by atoms with Crippen molar-refractivity contribution < 1.29 is 4.39 Å². The van der Waals surface area contributed by atoms with Crippen molar-refractivity contribution in [2.45, 2.75) is 12.8 Å². The van der Waals surface area contributed by atoms with Crippen LogP contribution >= 0.6 is 23.2 Å². The quantitative estimate of drug-likeness (QED) is 0.685. The minimum Gasteiger partial charge on any atom is -0.341 e. The zero-order valence-electron chi connectivity index (χ0n) is 10.5. The van der Waals surface area contributed by atoms with Gasteiger partial charge in [0.15, 0.2) is 0 Å². The molecule has 19 heavy (non-hydrogen) atoms. The van der Waals surface area contributed by atoms with Crippen LogP contribution in [0.2, 0.25) is 5.02 Å². The van der Waals surface area contributed by atoms with Crippen molar-refractivity contribution >= 4 is 34.6 Å². The summed E-state index contributed by atoms with van der Waals surface area (Å²) in [5.41, 5.74) is 2.76. The van der Waals surface area contributed by atoms with Crippen LogP contribution in [0.25, 0.3) is 0 Å². The van der Waals surface area contributed by atoms with E-state index in [0.29, 0.717) is 10.9 Å². The molecule has 0 amide bonds. The number of halogens is 3. The summed E-state index contributed by atoms with van der Waals surface area (Å²) < 4.78 is 13.0. The van der Waals surface area contributed by atoms with E-state index < -0.39 is 0 Å². The summed E-state index contributed by atoms with van der Waals surface area (Å²) in [6, 6.07) is 12.1. The molecule has 2 rings (SSSR count). The molecule has 0 saturated carbocycles. The van der Waals surface area contributed by atoms with Crippen LogP contribution in [0.5, 0.6) is 0 Å². The zero-order valence-corrected chi connectivity index (χ0v) is 12.0. The van der Waals surface area contributed by atoms with E-state index in [0.717, 1.165) is 23.5 Å². The Morgan fingerprint density at radius 2 is 1.79 bits per heavy atom. The first kappa shape index (κ1) is 14.2. The maximum absolute atomic E-state index is 13.0. The summed E-state index contributed by atoms with van der Waals surface area (Å²) in [4.78, 5) is 2.06. The van der Waals surface area contributed by atoms with Crippen LogP contribution in [-0.4, -0.2) is 6.54 Å². The highest BCUT2D eigenvalue weighted by molar-refractivity contribution is 6.32. The van der Waals surface area contributed by atoms with Crippen LogP contribution in [0, 0.1) is 5.82 Å². The molecule has 0 saturated heterocycles. The van der Waals surface area contributed by atoms with Crippen molar-refractivity contribution in [1.82, 2.24) is 0 Å². The molecule has 0 fully saturated rings. The number of hydrogen-bond acceptors (Lipinski definition) is 1. The van der Waals surface area contributed by atoms with Crippen LogP contribution in [0.4, 0.5) is 15.8 Å². The Bertz CT molecular complexity index is 555. The predicted octanol–water partition coefficient (Wildman–Crippen LogP) is 5.38. The molecule has 0 aliphatic rings. The van der Waals surface area contributed by atoms with Crippen LogP contribution in [0.1, 0.15) is 12.5 Å². The Kier molecular flexibility index (Phi) is 4.67. The fraction of sp³-hybridized carbons (Fsp3) is 0.200. The molecule has 1 nitrogen and oxygen atoms in total. The second-order valence-electron chi connectivity index (χ2n) is 4.09. The molecule has 2 aromatic carbocycles. The standard InChI is InChI=1S/C15H14Cl2FN/c1-2-19(12-8-6-11(18)7-9-12)15-5-3-4-14(17)13(15)10-16/h3-9H,2,10H2,1H3. The number of rotatable bonds is 4. The summed E-state index contributed by atoms with van der Waals surface area (Å²) in [5, 5.41) is 0.646. The van der Waals surface area contributed by atoms with Crippen molar-refractivity contribution in [3.63, 3.8) is 0 Å². The molecular formula is C15H14Cl2FN. The van der Waals surface area contributed by atoms with Gasteiger partial charge in [0.05, 0.1) is 5.88 Å². The van der Waals surface area contributed by atoms with E-state index in [4.69, 9.17) is 23.2 Å². The Balaban J connectivity index is 2.48. The topological polar surface area (TPSA) is 3.24 Å². The van der Waals surface area contributed by atoms with Gasteiger partial charge in [0.25, 0.3) is 0 Å². The van der Waals surface area contributed by atoms with Gasteiger partial charge in [-0.3, -0.25) is 0 Å². The largest absolute Gasteiger partial charge is 0.341 e. The van der Waals surface area contributed by atoms with E-state index in [2.05, 4.69) is 4.90 Å². The molecule has 0 aliphatic heterocycles. The fourth-order valence-corrected chi connectivity index (χ4v) is 2.63. The molecule has 0 aromatic heterocycles. The first-order valence-electron chi connectivity index (χ1n) is 6.03. The number of hydrogen-bond donors (Lipinski definition) is 0. The average molecular weight is 298 g/mol. The van der Waals surface area contributed by atoms with Crippen molar-refractivity contribution in [1.29, 1.82) is 0 Å². The summed E-state index contributed by atoms with van der Waals surface area (Å²) >= 11 is 12.2. The van der Waals surface area contributed by atoms with Gasteiger partial charge in [-0.1, -0.05) is 17.7 Å². The highest BCUT2D eigenvalue weighted by Crippen LogP contribution is 2.33. The Hall–Kier alpha value is -1.25. The summed E-state index contributed by atoms with van der Waals surface area (Å²) in [7, 11) is 0. The molecule has 4 heteroatoms. The van der Waals surface area contributed by atoms with E-state index >= 15 is 0 Å². The van der Waals surface area contributed by atoms with Gasteiger partial charge in [0, 0.05) is 28.5 Å². The van der Waals surface area contributed by atoms with Crippen molar-refractivity contribution in [3.05, 3.63) is 58.9 Å². The summed E-state index contributed by atoms with van der Waals surface area (Å²) in [6.07, 6.45) is 0. The second kappa shape index (κ2) is 6.27. The predicted molar refractivity (Wildman–Crippen MR) is 80.1 cm³/mol. The molecule has 0 unspecified atom stereocenters. The lowest BCUT2D eigenvalue weighted by Gasteiger charge is -2.26. The van der Waals surface area contributed by atoms with Gasteiger partial charge < -0.3 is 4.90 Å². The number of alkyl halides is 1. The van der Waals surface area contributed by atoms with Gasteiger partial charge in [-0.05, 0) is 43.3 Å². The molecular weight excluding hydrogens is 284 g/mol. The zero-order chi connectivity index (χ0) is 13.8. The summed E-state index contributed by atoms with van der Waals surface area (Å²) in [6.45, 7) is 2.78. The van der Waals surface area contributed by atoms with E-state index in [1.54, 1.807) is 12.1 Å². The van der Waals surface area contributed by atoms with Crippen LogP contribution in [0.15, 0.2) is 42.5 Å². The minimum atomic E-state index is -0.247. The molecule has 2 aromatic rings. The van der Waals surface area contributed by atoms with Gasteiger partial charge in [-0.15, -0.1) is 11.6 Å². The maximum atomic E-state index is 13.0. The smallest absolute Gasteiger partial charge is 0.123 e. The average Bonchev–Trinajstić information content (AvgIpc) is 2.42. The fourth-order valence-electron chi connectivity index (χ4n) is 2.05. The molecule has 0 atom stereocenters. The molecule has 0 heterocycles. The van der Waals surface area contributed by atoms with Crippen molar-refractivity contribution in [3.8, 4) is 0 Å². The van der Waals surface area contributed by atoms with Crippen LogP contribution in [-0.2, 0) is 5.88 Å². The lowest BCUT2D eigenvalue weighted by molar-refractivity contribution is 0.628. The molecule has 0 spiro atoms. The monoisotopic (exact) mass is 297 g/mol. The van der Waals surface area contributed by atoms with Gasteiger partial charge in [0.1, 0.15) is 5.82 Å². The third-order valence-corrected chi connectivity index (χ3v) is 3.59. The highest BCUT2D eigenvalue weighted by atomic mass is 35.5. The molecule has 0 aliphatic carbocycles. The van der Waals surface area contributed by atoms with Gasteiger partial charge >= 0.3 is 0 Å². The Labute approximate surface area is 122 Å². The molecule has 0 bridgehead atoms. The van der Waals surface area contributed by atoms with E-state index in [1.807, 2.05) is 25.1 Å². The molecule has 0 N–H and O–H groups in total. The molecule has 100 valence electrons. The first-order valence-corrected chi connectivity index (χ1v) is 6.95. The summed E-state index contributed by atoms with van der Waals surface area (Å²) in [5.74, 6) is 0.0932. The normalized spacial score (nSPS) is 10.5. The second-order valence-corrected chi connectivity index (χ2v) is 4.77. The Morgan fingerprint density at radius 1 is 1.11 bits per heavy atom. The maximum Gasteiger partial charge on any atom is 0.123 e. The van der Waals surface area contributed by atoms with Gasteiger partial charge in [0.2, 0.25) is 0 Å². The number of nitrogens with zero attached hydrogens (tertiary/aromatic N) is 1. The highest BCUT2D eigenvalue weighted by Gasteiger charge is 2.13. The van der Waals surface area contributed by atoms with Crippen molar-refractivity contribution in [2.75, 3.05) is 11.4 Å². The van der Waals surface area contributed by atoms with E-state index in [-0.39, 0.29) is 5.82 Å². The van der Waals surface area contributed by atoms with Crippen molar-refractivity contribution in [2.24, 2.45) is 0 Å². The van der Waals surface area contributed by atoms with E-state index in [9.17, 15) is 4.39 Å². The lowest BCUT2D eigenvalue weighted by atomic mass is 10.1. The lowest BCUT2D eigenvalue weighted by Crippen LogP contribution is -2.17. The number of anilines is 2. The van der Waals surface area contributed by atoms with Gasteiger partial charge in [-0.2, -0.15) is 0 Å². The molecule has 0 radical (unpaired) electrons.